The van der Waals surface area contributed by atoms with Gasteiger partial charge in [-0.2, -0.15) is 0 Å². The molecule has 0 aliphatic rings. The highest BCUT2D eigenvalue weighted by Crippen LogP contribution is 2.24. The first-order valence-corrected chi connectivity index (χ1v) is 11.5. The number of benzene rings is 3. The normalized spacial score (nSPS) is 11.2. The minimum Gasteiger partial charge on any atom is -0.352 e. The van der Waals surface area contributed by atoms with Crippen LogP contribution in [0.2, 0.25) is 5.02 Å². The summed E-state index contributed by atoms with van der Waals surface area (Å²) in [5.74, 6) is 0.0472. The van der Waals surface area contributed by atoms with Gasteiger partial charge < -0.3 is 9.88 Å². The average molecular weight is 459 g/mol. The van der Waals surface area contributed by atoms with Crippen LogP contribution >= 0.6 is 11.6 Å². The molecule has 0 unspecified atom stereocenters. The Bertz CT molecular complexity index is 1330. The van der Waals surface area contributed by atoms with Crippen molar-refractivity contribution in [3.63, 3.8) is 0 Å². The van der Waals surface area contributed by atoms with Crippen LogP contribution in [-0.4, -0.2) is 17.0 Å². The number of carbonyl (C=O) groups excluding carboxylic acids is 1. The number of hydrogen-bond acceptors (Lipinski definition) is 2. The van der Waals surface area contributed by atoms with Gasteiger partial charge in [0, 0.05) is 17.0 Å². The molecule has 168 valence electrons. The lowest BCUT2D eigenvalue weighted by molar-refractivity contribution is 0.0952. The molecule has 1 N–H and O–H groups in total. The molecule has 5 heteroatoms. The standard InChI is InChI=1S/C28H27ClN2O2/c1-19(2)22-13-11-21(12-14-22)18-31-26-10-6-9-25(29)23(26)17-24(28(31)33)27(32)30-16-15-20-7-4-3-5-8-20/h3-14,17,19H,15-16,18H2,1-2H3,(H,30,32). The molecule has 1 amide bonds. The van der Waals surface area contributed by atoms with Gasteiger partial charge in [0.05, 0.1) is 12.1 Å². The van der Waals surface area contributed by atoms with Crippen molar-refractivity contribution in [1.82, 2.24) is 9.88 Å². The van der Waals surface area contributed by atoms with Gasteiger partial charge in [-0.3, -0.25) is 9.59 Å². The van der Waals surface area contributed by atoms with Gasteiger partial charge >= 0.3 is 0 Å². The van der Waals surface area contributed by atoms with Gasteiger partial charge in [0.25, 0.3) is 11.5 Å². The summed E-state index contributed by atoms with van der Waals surface area (Å²) in [7, 11) is 0. The van der Waals surface area contributed by atoms with E-state index in [4.69, 9.17) is 11.6 Å². The Morgan fingerprint density at radius 2 is 1.67 bits per heavy atom. The molecule has 0 spiro atoms. The second-order valence-electron chi connectivity index (χ2n) is 8.51. The third-order valence-corrected chi connectivity index (χ3v) is 6.19. The van der Waals surface area contributed by atoms with E-state index in [0.29, 0.717) is 41.4 Å². The predicted molar refractivity (Wildman–Crippen MR) is 135 cm³/mol. The summed E-state index contributed by atoms with van der Waals surface area (Å²) in [5.41, 5.74) is 3.84. The van der Waals surface area contributed by atoms with Gasteiger partial charge in [0.15, 0.2) is 0 Å². The zero-order valence-corrected chi connectivity index (χ0v) is 19.6. The second kappa shape index (κ2) is 10.1. The number of nitrogens with zero attached hydrogens (tertiary/aromatic N) is 1. The minimum absolute atomic E-state index is 0.0995. The van der Waals surface area contributed by atoms with Crippen molar-refractivity contribution >= 4 is 28.4 Å². The number of pyridine rings is 1. The van der Waals surface area contributed by atoms with Crippen LogP contribution in [-0.2, 0) is 13.0 Å². The first-order valence-electron chi connectivity index (χ1n) is 11.2. The van der Waals surface area contributed by atoms with Crippen LogP contribution in [0.5, 0.6) is 0 Å². The van der Waals surface area contributed by atoms with Gasteiger partial charge in [0.1, 0.15) is 5.56 Å². The molecule has 0 aliphatic carbocycles. The van der Waals surface area contributed by atoms with Crippen molar-refractivity contribution in [2.45, 2.75) is 32.7 Å². The van der Waals surface area contributed by atoms with Crippen molar-refractivity contribution in [2.24, 2.45) is 0 Å². The van der Waals surface area contributed by atoms with Crippen LogP contribution in [0.4, 0.5) is 0 Å². The maximum absolute atomic E-state index is 13.4. The van der Waals surface area contributed by atoms with E-state index >= 15 is 0 Å². The quantitative estimate of drug-likeness (QED) is 0.380. The zero-order valence-electron chi connectivity index (χ0n) is 18.8. The second-order valence-corrected chi connectivity index (χ2v) is 8.92. The van der Waals surface area contributed by atoms with Gasteiger partial charge in [-0.25, -0.2) is 0 Å². The molecule has 4 nitrogen and oxygen atoms in total. The maximum Gasteiger partial charge on any atom is 0.264 e. The minimum atomic E-state index is -0.387. The summed E-state index contributed by atoms with van der Waals surface area (Å²) >= 11 is 6.45. The van der Waals surface area contributed by atoms with Gasteiger partial charge in [-0.05, 0) is 47.2 Å². The summed E-state index contributed by atoms with van der Waals surface area (Å²) in [6.45, 7) is 5.10. The molecule has 0 saturated carbocycles. The van der Waals surface area contributed by atoms with E-state index < -0.39 is 0 Å². The Balaban J connectivity index is 1.66. The molecular weight excluding hydrogens is 432 g/mol. The maximum atomic E-state index is 13.4. The first kappa shape index (κ1) is 22.8. The summed E-state index contributed by atoms with van der Waals surface area (Å²) in [5, 5.41) is 4.08. The number of rotatable bonds is 7. The topological polar surface area (TPSA) is 51.1 Å². The summed E-state index contributed by atoms with van der Waals surface area (Å²) in [6.07, 6.45) is 0.692. The molecule has 0 saturated heterocycles. The van der Waals surface area contributed by atoms with Gasteiger partial charge in [-0.1, -0.05) is 86.1 Å². The summed E-state index contributed by atoms with van der Waals surface area (Å²) < 4.78 is 1.64. The largest absolute Gasteiger partial charge is 0.352 e. The number of fused-ring (bicyclic) bond motifs is 1. The molecule has 33 heavy (non-hydrogen) atoms. The fraction of sp³-hybridized carbons (Fsp3) is 0.214. The van der Waals surface area contributed by atoms with Crippen LogP contribution < -0.4 is 10.9 Å². The average Bonchev–Trinajstić information content (AvgIpc) is 2.82. The van der Waals surface area contributed by atoms with Gasteiger partial charge in [0.2, 0.25) is 0 Å². The number of aromatic nitrogens is 1. The Kier molecular flexibility index (Phi) is 6.95. The molecule has 0 aliphatic heterocycles. The summed E-state index contributed by atoms with van der Waals surface area (Å²) in [4.78, 5) is 26.4. The highest BCUT2D eigenvalue weighted by atomic mass is 35.5. The number of carbonyl (C=O) groups is 1. The molecule has 0 atom stereocenters. The number of amides is 1. The zero-order chi connectivity index (χ0) is 23.4. The fourth-order valence-electron chi connectivity index (χ4n) is 3.94. The Morgan fingerprint density at radius 1 is 0.939 bits per heavy atom. The van der Waals surface area contributed by atoms with Crippen molar-refractivity contribution in [1.29, 1.82) is 0 Å². The molecule has 0 radical (unpaired) electrons. The smallest absolute Gasteiger partial charge is 0.264 e. The monoisotopic (exact) mass is 458 g/mol. The number of nitrogens with one attached hydrogen (secondary N) is 1. The lowest BCUT2D eigenvalue weighted by atomic mass is 10.0. The van der Waals surface area contributed by atoms with E-state index in [1.165, 1.54) is 5.56 Å². The van der Waals surface area contributed by atoms with E-state index in [1.807, 2.05) is 54.6 Å². The first-order chi connectivity index (χ1) is 15.9. The van der Waals surface area contributed by atoms with E-state index in [1.54, 1.807) is 16.7 Å². The van der Waals surface area contributed by atoms with Crippen molar-refractivity contribution in [3.05, 3.63) is 116 Å². The number of halogens is 1. The third-order valence-electron chi connectivity index (χ3n) is 5.86. The molecule has 1 heterocycles. The Labute approximate surface area is 198 Å². The van der Waals surface area contributed by atoms with Crippen LogP contribution in [0.15, 0.2) is 83.7 Å². The van der Waals surface area contributed by atoms with Crippen LogP contribution in [0.25, 0.3) is 10.9 Å². The van der Waals surface area contributed by atoms with Crippen LogP contribution in [0.1, 0.15) is 46.8 Å². The van der Waals surface area contributed by atoms with Crippen molar-refractivity contribution in [2.75, 3.05) is 6.54 Å². The Morgan fingerprint density at radius 3 is 2.36 bits per heavy atom. The molecular formula is C28H27ClN2O2. The molecule has 0 bridgehead atoms. The van der Waals surface area contributed by atoms with Crippen LogP contribution in [0, 0.1) is 0 Å². The van der Waals surface area contributed by atoms with Crippen molar-refractivity contribution < 1.29 is 4.79 Å². The van der Waals surface area contributed by atoms with Gasteiger partial charge in [-0.15, -0.1) is 0 Å². The lowest BCUT2D eigenvalue weighted by Gasteiger charge is -2.15. The third kappa shape index (κ3) is 5.18. The molecule has 4 rings (SSSR count). The van der Waals surface area contributed by atoms with E-state index in [2.05, 4.69) is 31.3 Å². The van der Waals surface area contributed by atoms with E-state index in [0.717, 1.165) is 11.1 Å². The Hall–Kier alpha value is -3.37. The predicted octanol–water partition coefficient (Wildman–Crippen LogP) is 5.80. The van der Waals surface area contributed by atoms with Crippen LogP contribution in [0.3, 0.4) is 0 Å². The molecule has 3 aromatic carbocycles. The lowest BCUT2D eigenvalue weighted by Crippen LogP contribution is -2.34. The fourth-order valence-corrected chi connectivity index (χ4v) is 4.16. The highest BCUT2D eigenvalue weighted by molar-refractivity contribution is 6.35. The van der Waals surface area contributed by atoms with E-state index in [9.17, 15) is 9.59 Å². The van der Waals surface area contributed by atoms with E-state index in [-0.39, 0.29) is 17.0 Å². The molecule has 4 aromatic rings. The molecule has 0 fully saturated rings. The van der Waals surface area contributed by atoms with Crippen molar-refractivity contribution in [3.8, 4) is 0 Å². The highest BCUT2D eigenvalue weighted by Gasteiger charge is 2.17. The SMILES string of the molecule is CC(C)c1ccc(Cn2c(=O)c(C(=O)NCCc3ccccc3)cc3c(Cl)cccc32)cc1. The number of hydrogen-bond donors (Lipinski definition) is 1. The molecule has 1 aromatic heterocycles. The summed E-state index contributed by atoms with van der Waals surface area (Å²) in [6, 6.07) is 25.2.